The van der Waals surface area contributed by atoms with E-state index in [-0.39, 0.29) is 5.91 Å². The Balaban J connectivity index is 1.65. The Bertz CT molecular complexity index is 745. The predicted octanol–water partition coefficient (Wildman–Crippen LogP) is 2.82. The van der Waals surface area contributed by atoms with Gasteiger partial charge in [-0.25, -0.2) is 4.98 Å². The number of aryl methyl sites for hydroxylation is 1. The third-order valence-electron chi connectivity index (χ3n) is 4.84. The normalized spacial score (nSPS) is 20.6. The summed E-state index contributed by atoms with van der Waals surface area (Å²) in [4.78, 5) is 17.4. The molecule has 24 heavy (non-hydrogen) atoms. The van der Waals surface area contributed by atoms with Crippen LogP contribution in [0.1, 0.15) is 60.3 Å². The smallest absolute Gasteiger partial charge is 0.259 e. The number of nitrogens with zero attached hydrogens (tertiary/aromatic N) is 2. The minimum atomic E-state index is -0.0586. The SMILES string of the molecule is CCCc1noc2nc(C3CC3)cc(C(=O)NC[C@H]3CCOC3)c12. The molecule has 1 saturated carbocycles. The number of fused-ring (bicyclic) bond motifs is 1. The van der Waals surface area contributed by atoms with Crippen molar-refractivity contribution in [3.05, 3.63) is 23.0 Å². The van der Waals surface area contributed by atoms with Crippen LogP contribution >= 0.6 is 0 Å². The Hall–Kier alpha value is -1.95. The molecule has 6 heteroatoms. The van der Waals surface area contributed by atoms with Gasteiger partial charge in [0.15, 0.2) is 0 Å². The summed E-state index contributed by atoms with van der Waals surface area (Å²) >= 11 is 0. The van der Waals surface area contributed by atoms with Gasteiger partial charge in [0.05, 0.1) is 23.3 Å². The molecule has 0 aromatic carbocycles. The Morgan fingerprint density at radius 1 is 1.38 bits per heavy atom. The molecule has 128 valence electrons. The van der Waals surface area contributed by atoms with Gasteiger partial charge in [0.2, 0.25) is 0 Å². The summed E-state index contributed by atoms with van der Waals surface area (Å²) in [6.45, 7) is 4.26. The summed E-state index contributed by atoms with van der Waals surface area (Å²) in [6, 6.07) is 1.94. The van der Waals surface area contributed by atoms with Gasteiger partial charge in [-0.2, -0.15) is 0 Å². The van der Waals surface area contributed by atoms with E-state index in [2.05, 4.69) is 22.4 Å². The highest BCUT2D eigenvalue weighted by atomic mass is 16.5. The second kappa shape index (κ2) is 6.51. The fraction of sp³-hybridized carbons (Fsp3) is 0.611. The van der Waals surface area contributed by atoms with Crippen molar-refractivity contribution >= 4 is 17.0 Å². The lowest BCUT2D eigenvalue weighted by molar-refractivity contribution is 0.0946. The number of hydrogen-bond donors (Lipinski definition) is 1. The van der Waals surface area contributed by atoms with Gasteiger partial charge in [-0.3, -0.25) is 4.79 Å². The van der Waals surface area contributed by atoms with Crippen molar-refractivity contribution in [2.45, 2.75) is 44.9 Å². The zero-order chi connectivity index (χ0) is 16.5. The van der Waals surface area contributed by atoms with Gasteiger partial charge >= 0.3 is 0 Å². The maximum atomic E-state index is 12.8. The lowest BCUT2D eigenvalue weighted by atomic mass is 10.0. The Morgan fingerprint density at radius 3 is 2.96 bits per heavy atom. The number of ether oxygens (including phenoxy) is 1. The molecule has 2 fully saturated rings. The number of nitrogens with one attached hydrogen (secondary N) is 1. The van der Waals surface area contributed by atoms with Crippen molar-refractivity contribution in [2.24, 2.45) is 5.92 Å². The second-order valence-electron chi connectivity index (χ2n) is 6.87. The maximum Gasteiger partial charge on any atom is 0.259 e. The molecule has 2 aliphatic rings. The van der Waals surface area contributed by atoms with Gasteiger partial charge in [-0.1, -0.05) is 18.5 Å². The molecule has 6 nitrogen and oxygen atoms in total. The number of rotatable bonds is 6. The fourth-order valence-electron chi connectivity index (χ4n) is 3.28. The van der Waals surface area contributed by atoms with Gasteiger partial charge in [0.1, 0.15) is 0 Å². The number of carbonyl (C=O) groups excluding carboxylic acids is 1. The van der Waals surface area contributed by atoms with E-state index in [1.165, 1.54) is 0 Å². The van der Waals surface area contributed by atoms with Gasteiger partial charge in [0, 0.05) is 30.7 Å². The monoisotopic (exact) mass is 329 g/mol. The minimum absolute atomic E-state index is 0.0586. The summed E-state index contributed by atoms with van der Waals surface area (Å²) in [5.74, 6) is 0.812. The molecule has 0 bridgehead atoms. The Labute approximate surface area is 140 Å². The molecule has 0 unspecified atom stereocenters. The highest BCUT2D eigenvalue weighted by Gasteiger charge is 2.29. The van der Waals surface area contributed by atoms with Crippen LogP contribution in [0.25, 0.3) is 11.1 Å². The first-order valence-electron chi connectivity index (χ1n) is 8.91. The topological polar surface area (TPSA) is 77.2 Å². The number of amides is 1. The minimum Gasteiger partial charge on any atom is -0.381 e. The summed E-state index contributed by atoms with van der Waals surface area (Å²) in [7, 11) is 0. The summed E-state index contributed by atoms with van der Waals surface area (Å²) in [5.41, 5.74) is 2.94. The summed E-state index contributed by atoms with van der Waals surface area (Å²) in [6.07, 6.45) is 5.01. The van der Waals surface area contributed by atoms with Crippen LogP contribution in [0.3, 0.4) is 0 Å². The van der Waals surface area contributed by atoms with Crippen molar-refractivity contribution in [2.75, 3.05) is 19.8 Å². The van der Waals surface area contributed by atoms with Crippen LogP contribution in [-0.2, 0) is 11.2 Å². The molecule has 1 aliphatic carbocycles. The van der Waals surface area contributed by atoms with Crippen LogP contribution in [0.5, 0.6) is 0 Å². The number of aromatic nitrogens is 2. The number of carbonyl (C=O) groups is 1. The highest BCUT2D eigenvalue weighted by Crippen LogP contribution is 2.40. The van der Waals surface area contributed by atoms with Gasteiger partial charge in [0.25, 0.3) is 11.6 Å². The molecular formula is C18H23N3O3. The van der Waals surface area contributed by atoms with Gasteiger partial charge in [-0.05, 0) is 31.7 Å². The molecular weight excluding hydrogens is 306 g/mol. The van der Waals surface area contributed by atoms with Crippen LogP contribution in [-0.4, -0.2) is 35.8 Å². The van der Waals surface area contributed by atoms with Gasteiger partial charge in [-0.15, -0.1) is 0 Å². The zero-order valence-corrected chi connectivity index (χ0v) is 14.0. The molecule has 4 rings (SSSR count). The molecule has 1 N–H and O–H groups in total. The second-order valence-corrected chi connectivity index (χ2v) is 6.87. The van der Waals surface area contributed by atoms with E-state index in [1.807, 2.05) is 6.07 Å². The molecule has 1 saturated heterocycles. The molecule has 1 atom stereocenters. The first-order valence-corrected chi connectivity index (χ1v) is 8.91. The predicted molar refractivity (Wildman–Crippen MR) is 89.0 cm³/mol. The zero-order valence-electron chi connectivity index (χ0n) is 14.0. The molecule has 1 amide bonds. The standard InChI is InChI=1S/C18H23N3O3/c1-2-3-14-16-13(17(22)19-9-11-6-7-23-10-11)8-15(12-4-5-12)20-18(16)24-21-14/h8,11-12H,2-7,9-10H2,1H3,(H,19,22)/t11-/m1/s1. The van der Waals surface area contributed by atoms with Crippen LogP contribution in [0.2, 0.25) is 0 Å². The lowest BCUT2D eigenvalue weighted by Crippen LogP contribution is -2.29. The average molecular weight is 329 g/mol. The highest BCUT2D eigenvalue weighted by molar-refractivity contribution is 6.06. The Morgan fingerprint density at radius 2 is 2.25 bits per heavy atom. The van der Waals surface area contributed by atoms with E-state index in [0.717, 1.165) is 62.1 Å². The van der Waals surface area contributed by atoms with E-state index in [0.29, 0.717) is 29.7 Å². The van der Waals surface area contributed by atoms with E-state index >= 15 is 0 Å². The van der Waals surface area contributed by atoms with Crippen LogP contribution in [0.15, 0.2) is 10.6 Å². The van der Waals surface area contributed by atoms with E-state index < -0.39 is 0 Å². The van der Waals surface area contributed by atoms with Crippen molar-refractivity contribution < 1.29 is 14.1 Å². The fourth-order valence-corrected chi connectivity index (χ4v) is 3.28. The van der Waals surface area contributed by atoms with E-state index in [4.69, 9.17) is 9.26 Å². The molecule has 0 radical (unpaired) electrons. The average Bonchev–Trinajstić information content (AvgIpc) is 3.17. The molecule has 0 spiro atoms. The van der Waals surface area contributed by atoms with Crippen molar-refractivity contribution in [1.29, 1.82) is 0 Å². The van der Waals surface area contributed by atoms with E-state index in [1.54, 1.807) is 0 Å². The molecule has 2 aromatic rings. The largest absolute Gasteiger partial charge is 0.381 e. The molecule has 3 heterocycles. The Kier molecular flexibility index (Phi) is 4.22. The summed E-state index contributed by atoms with van der Waals surface area (Å²) in [5, 5.41) is 7.99. The first-order chi connectivity index (χ1) is 11.8. The maximum absolute atomic E-state index is 12.8. The van der Waals surface area contributed by atoms with E-state index in [9.17, 15) is 4.79 Å². The van der Waals surface area contributed by atoms with Crippen LogP contribution < -0.4 is 5.32 Å². The third kappa shape index (κ3) is 3.02. The quantitative estimate of drug-likeness (QED) is 0.882. The number of hydrogen-bond acceptors (Lipinski definition) is 5. The summed E-state index contributed by atoms with van der Waals surface area (Å²) < 4.78 is 10.8. The van der Waals surface area contributed by atoms with Crippen LogP contribution in [0.4, 0.5) is 0 Å². The van der Waals surface area contributed by atoms with Crippen molar-refractivity contribution in [1.82, 2.24) is 15.5 Å². The van der Waals surface area contributed by atoms with Gasteiger partial charge < -0.3 is 14.6 Å². The van der Waals surface area contributed by atoms with Crippen molar-refractivity contribution in [3.63, 3.8) is 0 Å². The van der Waals surface area contributed by atoms with Crippen LogP contribution in [0, 0.1) is 5.92 Å². The molecule has 2 aromatic heterocycles. The third-order valence-corrected chi connectivity index (χ3v) is 4.84. The van der Waals surface area contributed by atoms with Crippen molar-refractivity contribution in [3.8, 4) is 0 Å². The lowest BCUT2D eigenvalue weighted by Gasteiger charge is -2.11. The first kappa shape index (κ1) is 15.6. The number of pyridine rings is 1. The molecule has 1 aliphatic heterocycles.